The maximum Gasteiger partial charge on any atom is 0.390 e. The first-order valence-electron chi connectivity index (χ1n) is 10.3. The molecule has 0 radical (unpaired) electrons. The summed E-state index contributed by atoms with van der Waals surface area (Å²) in [5.74, 6) is -0.537. The molecule has 3 rings (SSSR count). The molecule has 12 nitrogen and oxygen atoms in total. The minimum atomic E-state index is -0.594. The zero-order chi connectivity index (χ0) is 24.7. The molecule has 176 valence electrons. The monoisotopic (exact) mass is 466 g/mol. The first-order chi connectivity index (χ1) is 16.2. The van der Waals surface area contributed by atoms with Gasteiger partial charge in [-0.25, -0.2) is 0 Å². The SMILES string of the molecule is CC(=NOc1cc(NC(=O)CCCn2nc([N+](=O)[O-])cc2C)cc([N+](=O)[O-])c1)c1ccccc1. The number of non-ortho nitro benzene ring substituents is 1. The number of nitro groups is 2. The van der Waals surface area contributed by atoms with Crippen LogP contribution in [0.3, 0.4) is 0 Å². The fourth-order valence-corrected chi connectivity index (χ4v) is 3.09. The molecule has 0 spiro atoms. The Morgan fingerprint density at radius 2 is 1.85 bits per heavy atom. The van der Waals surface area contributed by atoms with Gasteiger partial charge in [0.25, 0.3) is 5.69 Å². The Kier molecular flexibility index (Phi) is 7.64. The topological polar surface area (TPSA) is 155 Å². The molecule has 0 saturated carbocycles. The van der Waals surface area contributed by atoms with E-state index in [1.807, 2.05) is 30.3 Å². The predicted octanol–water partition coefficient (Wildman–Crippen LogP) is 4.23. The van der Waals surface area contributed by atoms with Crippen LogP contribution in [0.15, 0.2) is 59.8 Å². The van der Waals surface area contributed by atoms with Gasteiger partial charge in [0, 0.05) is 18.6 Å². The highest BCUT2D eigenvalue weighted by atomic mass is 16.6. The summed E-state index contributed by atoms with van der Waals surface area (Å²) in [5.41, 5.74) is 1.94. The van der Waals surface area contributed by atoms with Gasteiger partial charge in [0.1, 0.15) is 0 Å². The Bertz CT molecular complexity index is 1240. The van der Waals surface area contributed by atoms with Crippen LogP contribution in [0.2, 0.25) is 0 Å². The number of anilines is 1. The number of nitrogens with one attached hydrogen (secondary N) is 1. The van der Waals surface area contributed by atoms with E-state index in [2.05, 4.69) is 15.6 Å². The molecule has 1 N–H and O–H groups in total. The normalized spacial score (nSPS) is 11.2. The van der Waals surface area contributed by atoms with Gasteiger partial charge < -0.3 is 20.3 Å². The fraction of sp³-hybridized carbons (Fsp3) is 0.227. The molecule has 0 saturated heterocycles. The molecule has 12 heteroatoms. The van der Waals surface area contributed by atoms with Gasteiger partial charge in [-0.15, -0.1) is 0 Å². The second-order valence-corrected chi connectivity index (χ2v) is 7.38. The lowest BCUT2D eigenvalue weighted by Crippen LogP contribution is -2.13. The number of nitrogens with zero attached hydrogens (tertiary/aromatic N) is 5. The summed E-state index contributed by atoms with van der Waals surface area (Å²) in [6, 6.07) is 14.5. The Morgan fingerprint density at radius 3 is 2.50 bits per heavy atom. The molecule has 1 aromatic heterocycles. The van der Waals surface area contributed by atoms with Crippen LogP contribution in [-0.2, 0) is 11.3 Å². The maximum absolute atomic E-state index is 12.4. The number of aromatic nitrogens is 2. The number of aryl methyl sites for hydroxylation is 2. The molecule has 0 aliphatic rings. The minimum absolute atomic E-state index is 0.0806. The van der Waals surface area contributed by atoms with Crippen molar-refractivity contribution in [3.05, 3.63) is 86.1 Å². The van der Waals surface area contributed by atoms with Gasteiger partial charge in [-0.05, 0) is 30.8 Å². The highest BCUT2D eigenvalue weighted by Crippen LogP contribution is 2.26. The van der Waals surface area contributed by atoms with Crippen molar-refractivity contribution in [1.29, 1.82) is 0 Å². The summed E-state index contributed by atoms with van der Waals surface area (Å²) >= 11 is 0. The highest BCUT2D eigenvalue weighted by molar-refractivity contribution is 5.98. The molecule has 0 unspecified atom stereocenters. The van der Waals surface area contributed by atoms with Crippen molar-refractivity contribution in [3.8, 4) is 5.75 Å². The molecular weight excluding hydrogens is 444 g/mol. The number of amides is 1. The molecule has 1 amide bonds. The van der Waals surface area contributed by atoms with Gasteiger partial charge in [-0.3, -0.25) is 14.9 Å². The lowest BCUT2D eigenvalue weighted by molar-refractivity contribution is -0.389. The van der Waals surface area contributed by atoms with Gasteiger partial charge in [0.2, 0.25) is 5.91 Å². The average Bonchev–Trinajstić information content (AvgIpc) is 3.18. The van der Waals surface area contributed by atoms with E-state index in [1.165, 1.54) is 28.9 Å². The molecule has 2 aromatic carbocycles. The number of hydrogen-bond donors (Lipinski definition) is 1. The molecule has 0 atom stereocenters. The molecule has 1 heterocycles. The highest BCUT2D eigenvalue weighted by Gasteiger charge is 2.16. The Morgan fingerprint density at radius 1 is 1.12 bits per heavy atom. The first-order valence-corrected chi connectivity index (χ1v) is 10.3. The third kappa shape index (κ3) is 6.45. The van der Waals surface area contributed by atoms with Crippen LogP contribution in [0.4, 0.5) is 17.2 Å². The van der Waals surface area contributed by atoms with Gasteiger partial charge in [-0.1, -0.05) is 35.5 Å². The fourth-order valence-electron chi connectivity index (χ4n) is 3.09. The summed E-state index contributed by atoms with van der Waals surface area (Å²) in [6.45, 7) is 3.74. The van der Waals surface area contributed by atoms with Crippen molar-refractivity contribution in [2.24, 2.45) is 5.16 Å². The van der Waals surface area contributed by atoms with Crippen LogP contribution >= 0.6 is 0 Å². The number of hydrogen-bond acceptors (Lipinski definition) is 8. The smallest absolute Gasteiger partial charge is 0.358 e. The molecule has 0 bridgehead atoms. The van der Waals surface area contributed by atoms with Crippen molar-refractivity contribution in [3.63, 3.8) is 0 Å². The summed E-state index contributed by atoms with van der Waals surface area (Å²) in [4.78, 5) is 38.7. The largest absolute Gasteiger partial charge is 0.390 e. The summed E-state index contributed by atoms with van der Waals surface area (Å²) in [5, 5.41) is 32.6. The molecule has 0 aliphatic carbocycles. The summed E-state index contributed by atoms with van der Waals surface area (Å²) in [6.07, 6.45) is 0.446. The number of benzene rings is 2. The van der Waals surface area contributed by atoms with Gasteiger partial charge in [0.05, 0.1) is 45.8 Å². The Hall–Kier alpha value is -4.61. The number of rotatable bonds is 10. The van der Waals surface area contributed by atoms with Crippen LogP contribution in [0.5, 0.6) is 5.75 Å². The minimum Gasteiger partial charge on any atom is -0.358 e. The van der Waals surface area contributed by atoms with E-state index in [4.69, 9.17) is 4.84 Å². The van der Waals surface area contributed by atoms with Crippen molar-refractivity contribution >= 4 is 28.8 Å². The van der Waals surface area contributed by atoms with Crippen molar-refractivity contribution in [1.82, 2.24) is 9.78 Å². The third-order valence-electron chi connectivity index (χ3n) is 4.79. The van der Waals surface area contributed by atoms with Crippen LogP contribution in [0, 0.1) is 27.2 Å². The van der Waals surface area contributed by atoms with Crippen molar-refractivity contribution < 1.29 is 19.5 Å². The lowest BCUT2D eigenvalue weighted by atomic mass is 10.1. The van der Waals surface area contributed by atoms with Gasteiger partial charge in [-0.2, -0.15) is 4.68 Å². The number of oxime groups is 1. The van der Waals surface area contributed by atoms with E-state index in [1.54, 1.807) is 13.8 Å². The maximum atomic E-state index is 12.4. The van der Waals surface area contributed by atoms with E-state index in [0.717, 1.165) is 5.56 Å². The van der Waals surface area contributed by atoms with Crippen molar-refractivity contribution in [2.45, 2.75) is 33.2 Å². The van der Waals surface area contributed by atoms with Crippen LogP contribution in [0.1, 0.15) is 31.0 Å². The van der Waals surface area contributed by atoms with Crippen LogP contribution in [0.25, 0.3) is 0 Å². The number of nitro benzene ring substituents is 1. The summed E-state index contributed by atoms with van der Waals surface area (Å²) in [7, 11) is 0. The molecular formula is C22H22N6O6. The Labute approximate surface area is 194 Å². The molecule has 0 aliphatic heterocycles. The van der Waals surface area contributed by atoms with Crippen LogP contribution in [-0.4, -0.2) is 31.2 Å². The predicted molar refractivity (Wildman–Crippen MR) is 124 cm³/mol. The summed E-state index contributed by atoms with van der Waals surface area (Å²) < 4.78 is 1.46. The van der Waals surface area contributed by atoms with Crippen molar-refractivity contribution in [2.75, 3.05) is 5.32 Å². The van der Waals surface area contributed by atoms with E-state index >= 15 is 0 Å². The second kappa shape index (κ2) is 10.8. The zero-order valence-electron chi connectivity index (χ0n) is 18.5. The van der Waals surface area contributed by atoms with E-state index in [-0.39, 0.29) is 35.3 Å². The average molecular weight is 466 g/mol. The second-order valence-electron chi connectivity index (χ2n) is 7.38. The first kappa shape index (κ1) is 24.0. The van der Waals surface area contributed by atoms with E-state index in [9.17, 15) is 25.0 Å². The quantitative estimate of drug-likeness (QED) is 0.266. The number of carbonyl (C=O) groups is 1. The van der Waals surface area contributed by atoms with Crippen LogP contribution < -0.4 is 10.2 Å². The molecule has 0 fully saturated rings. The molecule has 3 aromatic rings. The standard InChI is InChI=1S/C22H22N6O6/c1-15-11-21(28(32)33)24-26(15)10-6-9-22(29)23-18-12-19(27(30)31)14-20(13-18)34-25-16(2)17-7-4-3-5-8-17/h3-5,7-8,11-14H,6,9-10H2,1-2H3,(H,23,29). The van der Waals surface area contributed by atoms with Gasteiger partial charge >= 0.3 is 5.82 Å². The van der Waals surface area contributed by atoms with E-state index in [0.29, 0.717) is 24.4 Å². The van der Waals surface area contributed by atoms with Gasteiger partial charge in [0.15, 0.2) is 5.75 Å². The Balaban J connectivity index is 1.64. The number of carbonyl (C=O) groups excluding carboxylic acids is 1. The zero-order valence-corrected chi connectivity index (χ0v) is 18.5. The third-order valence-corrected chi connectivity index (χ3v) is 4.79. The molecule has 34 heavy (non-hydrogen) atoms. The lowest BCUT2D eigenvalue weighted by Gasteiger charge is -2.08. The van der Waals surface area contributed by atoms with E-state index < -0.39 is 9.85 Å².